The maximum Gasteiger partial charge on any atom is 0.234 e. The van der Waals surface area contributed by atoms with Gasteiger partial charge in [0.1, 0.15) is 0 Å². The highest BCUT2D eigenvalue weighted by atomic mass is 16.5. The van der Waals surface area contributed by atoms with E-state index in [4.69, 9.17) is 10.5 Å². The van der Waals surface area contributed by atoms with Gasteiger partial charge in [-0.05, 0) is 39.2 Å². The van der Waals surface area contributed by atoms with Crippen molar-refractivity contribution in [1.82, 2.24) is 9.97 Å². The van der Waals surface area contributed by atoms with Gasteiger partial charge in [-0.3, -0.25) is 4.98 Å². The fourth-order valence-electron chi connectivity index (χ4n) is 2.49. The normalized spacial score (nSPS) is 19.9. The van der Waals surface area contributed by atoms with Crippen LogP contribution in [0.5, 0.6) is 5.88 Å². The molecule has 1 atom stereocenters. The van der Waals surface area contributed by atoms with E-state index in [0.717, 1.165) is 25.3 Å². The van der Waals surface area contributed by atoms with Crippen molar-refractivity contribution in [2.45, 2.75) is 38.6 Å². The second kappa shape index (κ2) is 6.54. The van der Waals surface area contributed by atoms with Crippen LogP contribution in [0.3, 0.4) is 0 Å². The molecule has 0 aliphatic carbocycles. The van der Waals surface area contributed by atoms with E-state index in [1.54, 1.807) is 6.20 Å². The van der Waals surface area contributed by atoms with E-state index >= 15 is 0 Å². The zero-order chi connectivity index (χ0) is 12.8. The van der Waals surface area contributed by atoms with Gasteiger partial charge in [0.15, 0.2) is 5.82 Å². The predicted molar refractivity (Wildman–Crippen MR) is 71.9 cm³/mol. The first-order valence-corrected chi connectivity index (χ1v) is 6.76. The number of rotatable bonds is 5. The van der Waals surface area contributed by atoms with Crippen LogP contribution >= 0.6 is 0 Å². The number of hydrogen-bond donors (Lipinski definition) is 1. The summed E-state index contributed by atoms with van der Waals surface area (Å²) in [5.41, 5.74) is 5.69. The second-order valence-electron chi connectivity index (χ2n) is 4.57. The molecule has 0 amide bonds. The van der Waals surface area contributed by atoms with Crippen molar-refractivity contribution in [3.05, 3.63) is 12.4 Å². The maximum absolute atomic E-state index is 5.69. The van der Waals surface area contributed by atoms with Crippen molar-refractivity contribution < 1.29 is 4.74 Å². The molecule has 1 aliphatic heterocycles. The molecule has 100 valence electrons. The summed E-state index contributed by atoms with van der Waals surface area (Å²) < 4.78 is 5.41. The molecule has 0 bridgehead atoms. The highest BCUT2D eigenvalue weighted by Gasteiger charge is 2.23. The van der Waals surface area contributed by atoms with Crippen LogP contribution in [0.25, 0.3) is 0 Å². The summed E-state index contributed by atoms with van der Waals surface area (Å²) in [6, 6.07) is 0.495. The van der Waals surface area contributed by atoms with E-state index in [9.17, 15) is 0 Å². The molecule has 2 rings (SSSR count). The average Bonchev–Trinajstić information content (AvgIpc) is 2.40. The summed E-state index contributed by atoms with van der Waals surface area (Å²) in [5, 5.41) is 0. The minimum Gasteiger partial charge on any atom is -0.477 e. The number of aromatic nitrogens is 2. The predicted octanol–water partition coefficient (Wildman–Crippen LogP) is 1.58. The largest absolute Gasteiger partial charge is 0.477 e. The van der Waals surface area contributed by atoms with Crippen LogP contribution in [0.1, 0.15) is 32.6 Å². The molecule has 0 radical (unpaired) electrons. The molecule has 0 spiro atoms. The molecule has 2 heterocycles. The van der Waals surface area contributed by atoms with E-state index < -0.39 is 0 Å². The molecular formula is C13H22N4O. The van der Waals surface area contributed by atoms with E-state index in [1.807, 2.05) is 13.1 Å². The summed E-state index contributed by atoms with van der Waals surface area (Å²) >= 11 is 0. The van der Waals surface area contributed by atoms with Crippen LogP contribution in [0.2, 0.25) is 0 Å². The lowest BCUT2D eigenvalue weighted by Gasteiger charge is -2.36. The van der Waals surface area contributed by atoms with Gasteiger partial charge in [0.2, 0.25) is 5.88 Å². The molecular weight excluding hydrogens is 228 g/mol. The molecule has 1 aromatic heterocycles. The summed E-state index contributed by atoms with van der Waals surface area (Å²) in [7, 11) is 0. The first kappa shape index (κ1) is 13.1. The van der Waals surface area contributed by atoms with Crippen LogP contribution in [0.4, 0.5) is 5.82 Å². The Kier molecular flexibility index (Phi) is 4.75. The van der Waals surface area contributed by atoms with Gasteiger partial charge < -0.3 is 15.4 Å². The lowest BCUT2D eigenvalue weighted by molar-refractivity contribution is 0.324. The molecule has 1 saturated heterocycles. The van der Waals surface area contributed by atoms with Gasteiger partial charge in [-0.1, -0.05) is 0 Å². The van der Waals surface area contributed by atoms with E-state index in [2.05, 4.69) is 14.9 Å². The first-order valence-electron chi connectivity index (χ1n) is 6.76. The van der Waals surface area contributed by atoms with Gasteiger partial charge >= 0.3 is 0 Å². The van der Waals surface area contributed by atoms with Crippen molar-refractivity contribution in [2.24, 2.45) is 5.73 Å². The first-order chi connectivity index (χ1) is 8.85. The summed E-state index contributed by atoms with van der Waals surface area (Å²) in [6.07, 6.45) is 8.17. The van der Waals surface area contributed by atoms with Crippen molar-refractivity contribution >= 4 is 5.82 Å². The van der Waals surface area contributed by atoms with Crippen LogP contribution < -0.4 is 15.4 Å². The van der Waals surface area contributed by atoms with Crippen molar-refractivity contribution in [1.29, 1.82) is 0 Å². The van der Waals surface area contributed by atoms with Gasteiger partial charge in [0, 0.05) is 12.6 Å². The molecule has 5 heteroatoms. The van der Waals surface area contributed by atoms with Gasteiger partial charge in [-0.2, -0.15) is 4.98 Å². The topological polar surface area (TPSA) is 64.3 Å². The van der Waals surface area contributed by atoms with E-state index in [-0.39, 0.29) is 0 Å². The molecule has 1 unspecified atom stereocenters. The zero-order valence-electron chi connectivity index (χ0n) is 11.0. The van der Waals surface area contributed by atoms with Gasteiger partial charge in [0.25, 0.3) is 0 Å². The average molecular weight is 250 g/mol. The summed E-state index contributed by atoms with van der Waals surface area (Å²) in [4.78, 5) is 11.1. The lowest BCUT2D eigenvalue weighted by Crippen LogP contribution is -2.41. The third-order valence-electron chi connectivity index (χ3n) is 3.31. The SMILES string of the molecule is CCOc1cncc(N2CCCCC2CCN)n1. The molecule has 0 saturated carbocycles. The highest BCUT2D eigenvalue weighted by Crippen LogP contribution is 2.25. The number of nitrogens with zero attached hydrogens (tertiary/aromatic N) is 3. The van der Waals surface area contributed by atoms with Crippen molar-refractivity contribution in [2.75, 3.05) is 24.6 Å². The van der Waals surface area contributed by atoms with E-state index in [1.165, 1.54) is 19.3 Å². The van der Waals surface area contributed by atoms with Crippen LogP contribution in [0.15, 0.2) is 12.4 Å². The minimum absolute atomic E-state index is 0.495. The zero-order valence-corrected chi connectivity index (χ0v) is 11.0. The van der Waals surface area contributed by atoms with Gasteiger partial charge in [-0.25, -0.2) is 0 Å². The van der Waals surface area contributed by atoms with E-state index in [0.29, 0.717) is 18.5 Å². The quantitative estimate of drug-likeness (QED) is 0.859. The smallest absolute Gasteiger partial charge is 0.234 e. The fraction of sp³-hybridized carbons (Fsp3) is 0.692. The summed E-state index contributed by atoms with van der Waals surface area (Å²) in [6.45, 7) is 4.32. The van der Waals surface area contributed by atoms with Crippen LogP contribution in [-0.4, -0.2) is 35.7 Å². The Balaban J connectivity index is 2.14. The molecule has 2 N–H and O–H groups in total. The standard InChI is InChI=1S/C13H22N4O/c1-2-18-13-10-15-9-12(16-13)17-8-4-3-5-11(17)6-7-14/h9-11H,2-8,14H2,1H3. The Morgan fingerprint density at radius 1 is 1.44 bits per heavy atom. The third-order valence-corrected chi connectivity index (χ3v) is 3.31. The molecule has 1 aliphatic rings. The summed E-state index contributed by atoms with van der Waals surface area (Å²) in [5.74, 6) is 1.52. The number of piperidine rings is 1. The number of anilines is 1. The van der Waals surface area contributed by atoms with Gasteiger partial charge in [0.05, 0.1) is 19.0 Å². The number of nitrogens with two attached hydrogens (primary N) is 1. The Morgan fingerprint density at radius 3 is 3.11 bits per heavy atom. The lowest BCUT2D eigenvalue weighted by atomic mass is 9.99. The number of hydrogen-bond acceptors (Lipinski definition) is 5. The molecule has 1 fully saturated rings. The van der Waals surface area contributed by atoms with Crippen molar-refractivity contribution in [3.8, 4) is 5.88 Å². The van der Waals surface area contributed by atoms with Crippen LogP contribution in [0, 0.1) is 0 Å². The number of ether oxygens (including phenoxy) is 1. The second-order valence-corrected chi connectivity index (χ2v) is 4.57. The maximum atomic E-state index is 5.69. The Hall–Kier alpha value is -1.36. The Bertz CT molecular complexity index is 370. The van der Waals surface area contributed by atoms with Crippen LogP contribution in [-0.2, 0) is 0 Å². The molecule has 18 heavy (non-hydrogen) atoms. The fourth-order valence-corrected chi connectivity index (χ4v) is 2.49. The molecule has 1 aromatic rings. The Labute approximate surface area is 108 Å². The van der Waals surface area contributed by atoms with Gasteiger partial charge in [-0.15, -0.1) is 0 Å². The Morgan fingerprint density at radius 2 is 2.33 bits per heavy atom. The third kappa shape index (κ3) is 3.10. The molecule has 0 aromatic carbocycles. The van der Waals surface area contributed by atoms with Crippen molar-refractivity contribution in [3.63, 3.8) is 0 Å². The molecule has 5 nitrogen and oxygen atoms in total. The highest BCUT2D eigenvalue weighted by molar-refractivity contribution is 5.39. The monoisotopic (exact) mass is 250 g/mol. The minimum atomic E-state index is 0.495.